The van der Waals surface area contributed by atoms with Crippen molar-refractivity contribution in [2.45, 2.75) is 13.8 Å². The molecular formula is C26H25FN4O5. The molecule has 3 N–H and O–H groups in total. The molecule has 0 bridgehead atoms. The topological polar surface area (TPSA) is 118 Å². The van der Waals surface area contributed by atoms with E-state index in [1.807, 2.05) is 25.1 Å². The maximum atomic E-state index is 13.6. The van der Waals surface area contributed by atoms with E-state index < -0.39 is 17.6 Å². The van der Waals surface area contributed by atoms with Crippen molar-refractivity contribution in [1.82, 2.24) is 5.43 Å². The highest BCUT2D eigenvalue weighted by atomic mass is 19.1. The van der Waals surface area contributed by atoms with Crippen LogP contribution in [0.5, 0.6) is 11.5 Å². The average molecular weight is 493 g/mol. The van der Waals surface area contributed by atoms with Crippen molar-refractivity contribution in [2.75, 3.05) is 23.8 Å². The van der Waals surface area contributed by atoms with Crippen LogP contribution < -0.4 is 25.5 Å². The molecule has 0 fully saturated rings. The summed E-state index contributed by atoms with van der Waals surface area (Å²) >= 11 is 0. The summed E-state index contributed by atoms with van der Waals surface area (Å²) in [4.78, 5) is 36.1. The van der Waals surface area contributed by atoms with E-state index in [4.69, 9.17) is 9.47 Å². The number of nitrogens with zero attached hydrogens (tertiary/aromatic N) is 1. The van der Waals surface area contributed by atoms with Gasteiger partial charge in [0.25, 0.3) is 5.91 Å². The van der Waals surface area contributed by atoms with Crippen LogP contribution in [-0.2, 0) is 14.4 Å². The number of hydrogen-bond donors (Lipinski definition) is 3. The lowest BCUT2D eigenvalue weighted by molar-refractivity contribution is -0.136. The quantitative estimate of drug-likeness (QED) is 0.240. The maximum Gasteiger partial charge on any atom is 0.329 e. The Balaban J connectivity index is 1.57. The smallest absolute Gasteiger partial charge is 0.329 e. The molecule has 3 amide bonds. The van der Waals surface area contributed by atoms with Gasteiger partial charge >= 0.3 is 11.8 Å². The molecule has 0 unspecified atom stereocenters. The Morgan fingerprint density at radius 1 is 0.889 bits per heavy atom. The van der Waals surface area contributed by atoms with E-state index >= 15 is 0 Å². The third-order valence-electron chi connectivity index (χ3n) is 4.75. The summed E-state index contributed by atoms with van der Waals surface area (Å²) in [5, 5.41) is 8.70. The number of aryl methyl sites for hydroxylation is 1. The van der Waals surface area contributed by atoms with Crippen molar-refractivity contribution < 1.29 is 28.2 Å². The predicted molar refractivity (Wildman–Crippen MR) is 134 cm³/mol. The van der Waals surface area contributed by atoms with Gasteiger partial charge in [-0.15, -0.1) is 0 Å². The second-order valence-corrected chi connectivity index (χ2v) is 7.42. The second kappa shape index (κ2) is 12.7. The van der Waals surface area contributed by atoms with E-state index in [0.717, 1.165) is 11.6 Å². The largest absolute Gasteiger partial charge is 0.490 e. The Morgan fingerprint density at radius 2 is 1.61 bits per heavy atom. The van der Waals surface area contributed by atoms with E-state index in [9.17, 15) is 18.8 Å². The van der Waals surface area contributed by atoms with Crippen molar-refractivity contribution in [3.8, 4) is 11.5 Å². The fraction of sp³-hybridized carbons (Fsp3) is 0.154. The lowest BCUT2D eigenvalue weighted by Crippen LogP contribution is -2.32. The molecular weight excluding hydrogens is 467 g/mol. The minimum Gasteiger partial charge on any atom is -0.490 e. The highest BCUT2D eigenvalue weighted by Crippen LogP contribution is 2.28. The first kappa shape index (κ1) is 25.9. The van der Waals surface area contributed by atoms with E-state index in [1.54, 1.807) is 31.2 Å². The first-order chi connectivity index (χ1) is 17.4. The number of anilines is 2. The third-order valence-corrected chi connectivity index (χ3v) is 4.75. The molecule has 0 spiro atoms. The molecule has 3 aromatic rings. The van der Waals surface area contributed by atoms with E-state index in [0.29, 0.717) is 29.4 Å². The van der Waals surface area contributed by atoms with Crippen LogP contribution in [0.4, 0.5) is 15.8 Å². The van der Waals surface area contributed by atoms with Gasteiger partial charge in [-0.1, -0.05) is 30.3 Å². The van der Waals surface area contributed by atoms with Crippen LogP contribution in [0, 0.1) is 12.7 Å². The normalized spacial score (nSPS) is 10.5. The number of benzene rings is 3. The van der Waals surface area contributed by atoms with Gasteiger partial charge in [0.05, 0.1) is 18.5 Å². The zero-order valence-corrected chi connectivity index (χ0v) is 19.7. The van der Waals surface area contributed by atoms with Crippen LogP contribution >= 0.6 is 0 Å². The first-order valence-corrected chi connectivity index (χ1v) is 11.0. The number of hydrazone groups is 1. The summed E-state index contributed by atoms with van der Waals surface area (Å²) in [6.07, 6.45) is 1.30. The maximum absolute atomic E-state index is 13.6. The number of para-hydroxylation sites is 2. The van der Waals surface area contributed by atoms with Crippen molar-refractivity contribution in [2.24, 2.45) is 5.10 Å². The molecule has 186 valence electrons. The SMILES string of the molecule is CCOc1cc(/C=N\NC(=O)C(=O)Nc2ccccc2F)ccc1OCC(=O)Nc1ccccc1C. The summed E-state index contributed by atoms with van der Waals surface area (Å²) in [5.74, 6) is -2.41. The van der Waals surface area contributed by atoms with Gasteiger partial charge in [-0.2, -0.15) is 5.10 Å². The average Bonchev–Trinajstić information content (AvgIpc) is 2.86. The molecule has 0 aliphatic carbocycles. The zero-order valence-electron chi connectivity index (χ0n) is 19.7. The Morgan fingerprint density at radius 3 is 2.33 bits per heavy atom. The molecule has 0 aromatic heterocycles. The summed E-state index contributed by atoms with van der Waals surface area (Å²) in [6.45, 7) is 3.81. The summed E-state index contributed by atoms with van der Waals surface area (Å²) in [5.41, 5.74) is 4.12. The zero-order chi connectivity index (χ0) is 25.9. The van der Waals surface area contributed by atoms with Gasteiger partial charge in [0, 0.05) is 5.69 Å². The molecule has 0 saturated heterocycles. The summed E-state index contributed by atoms with van der Waals surface area (Å²) in [6, 6.07) is 17.7. The van der Waals surface area contributed by atoms with Crippen molar-refractivity contribution in [3.63, 3.8) is 0 Å². The van der Waals surface area contributed by atoms with Crippen LogP contribution in [0.15, 0.2) is 71.8 Å². The molecule has 36 heavy (non-hydrogen) atoms. The number of amides is 3. The molecule has 3 aromatic carbocycles. The van der Waals surface area contributed by atoms with E-state index in [-0.39, 0.29) is 18.2 Å². The predicted octanol–water partition coefficient (Wildman–Crippen LogP) is 3.64. The van der Waals surface area contributed by atoms with Crippen LogP contribution in [0.1, 0.15) is 18.1 Å². The van der Waals surface area contributed by atoms with Gasteiger partial charge in [0.15, 0.2) is 18.1 Å². The van der Waals surface area contributed by atoms with Crippen LogP contribution in [0.3, 0.4) is 0 Å². The van der Waals surface area contributed by atoms with Crippen LogP contribution in [0.2, 0.25) is 0 Å². The fourth-order valence-electron chi connectivity index (χ4n) is 2.99. The Kier molecular flexibility index (Phi) is 9.10. The molecule has 3 rings (SSSR count). The molecule has 0 heterocycles. The highest BCUT2D eigenvalue weighted by molar-refractivity contribution is 6.39. The molecule has 9 nitrogen and oxygen atoms in total. The highest BCUT2D eigenvalue weighted by Gasteiger charge is 2.15. The number of carbonyl (C=O) groups excluding carboxylic acids is 3. The Labute approximate surface area is 207 Å². The molecule has 10 heteroatoms. The Hall–Kier alpha value is -4.73. The molecule has 0 saturated carbocycles. The lowest BCUT2D eigenvalue weighted by atomic mass is 10.2. The van der Waals surface area contributed by atoms with Crippen LogP contribution in [0.25, 0.3) is 0 Å². The lowest BCUT2D eigenvalue weighted by Gasteiger charge is -2.13. The summed E-state index contributed by atoms with van der Waals surface area (Å²) in [7, 11) is 0. The van der Waals surface area contributed by atoms with Crippen LogP contribution in [-0.4, -0.2) is 37.1 Å². The number of nitrogens with one attached hydrogen (secondary N) is 3. The Bertz CT molecular complexity index is 1280. The second-order valence-electron chi connectivity index (χ2n) is 7.42. The first-order valence-electron chi connectivity index (χ1n) is 11.0. The van der Waals surface area contributed by atoms with Crippen molar-refractivity contribution in [1.29, 1.82) is 0 Å². The monoisotopic (exact) mass is 492 g/mol. The minimum atomic E-state index is -1.07. The number of rotatable bonds is 9. The number of carbonyl (C=O) groups is 3. The van der Waals surface area contributed by atoms with Gasteiger partial charge in [-0.3, -0.25) is 14.4 Å². The van der Waals surface area contributed by atoms with Gasteiger partial charge in [-0.25, -0.2) is 9.82 Å². The third kappa shape index (κ3) is 7.39. The molecule has 0 radical (unpaired) electrons. The van der Waals surface area contributed by atoms with Crippen molar-refractivity contribution >= 4 is 35.3 Å². The standard InChI is InChI=1S/C26H25FN4O5/c1-3-35-23-14-18(15-28-31-26(34)25(33)30-21-11-7-5-9-19(21)27)12-13-22(23)36-16-24(32)29-20-10-6-4-8-17(20)2/h4-15H,3,16H2,1-2H3,(H,29,32)(H,30,33)(H,31,34)/b28-15-. The fourth-order valence-corrected chi connectivity index (χ4v) is 2.99. The van der Waals surface area contributed by atoms with Gasteiger partial charge < -0.3 is 20.1 Å². The van der Waals surface area contributed by atoms with E-state index in [2.05, 4.69) is 21.2 Å². The molecule has 0 atom stereocenters. The molecule has 0 aliphatic rings. The number of hydrogen-bond acceptors (Lipinski definition) is 6. The van der Waals surface area contributed by atoms with E-state index in [1.165, 1.54) is 24.4 Å². The molecule has 0 aliphatic heterocycles. The van der Waals surface area contributed by atoms with Gasteiger partial charge in [0.2, 0.25) is 0 Å². The minimum absolute atomic E-state index is 0.119. The number of halogens is 1. The summed E-state index contributed by atoms with van der Waals surface area (Å²) < 4.78 is 24.8. The number of ether oxygens (including phenoxy) is 2. The van der Waals surface area contributed by atoms with Gasteiger partial charge in [-0.05, 0) is 61.4 Å². The van der Waals surface area contributed by atoms with Gasteiger partial charge in [0.1, 0.15) is 5.82 Å². The van der Waals surface area contributed by atoms with Crippen molar-refractivity contribution in [3.05, 3.63) is 83.7 Å².